The second-order valence-corrected chi connectivity index (χ2v) is 7.47. The van der Waals surface area contributed by atoms with Crippen LogP contribution in [0, 0.1) is 0 Å². The Labute approximate surface area is 130 Å². The van der Waals surface area contributed by atoms with Crippen molar-refractivity contribution in [3.05, 3.63) is 70.7 Å². The minimum absolute atomic E-state index is 0.0771. The van der Waals surface area contributed by atoms with Crippen molar-refractivity contribution in [2.45, 2.75) is 17.4 Å². The molecule has 112 valence electrons. The summed E-state index contributed by atoms with van der Waals surface area (Å²) in [5.74, 6) is -0.0771. The zero-order chi connectivity index (χ0) is 15.3. The zero-order valence-electron chi connectivity index (χ0n) is 11.6. The fraction of sp³-hybridized carbons (Fsp3) is 0.250. The molecule has 0 radical (unpaired) electrons. The molecule has 0 aliphatic carbocycles. The van der Waals surface area contributed by atoms with Gasteiger partial charge in [0.25, 0.3) is 0 Å². The molecule has 0 amide bonds. The molecule has 1 unspecified atom stereocenters. The summed E-state index contributed by atoms with van der Waals surface area (Å²) in [6.07, 6.45) is 0.400. The Morgan fingerprint density at radius 2 is 1.62 bits per heavy atom. The minimum atomic E-state index is -3.38. The fourth-order valence-corrected chi connectivity index (χ4v) is 4.54. The van der Waals surface area contributed by atoms with Crippen LogP contribution in [0.15, 0.2) is 54.6 Å². The van der Waals surface area contributed by atoms with E-state index in [-0.39, 0.29) is 5.75 Å². The summed E-state index contributed by atoms with van der Waals surface area (Å²) < 4.78 is 25.5. The number of rotatable bonds is 6. The quantitative estimate of drug-likeness (QED) is 0.886. The first-order chi connectivity index (χ1) is 10.0. The van der Waals surface area contributed by atoms with E-state index in [1.165, 1.54) is 0 Å². The predicted octanol–water partition coefficient (Wildman–Crippen LogP) is 3.34. The molecule has 0 spiro atoms. The lowest BCUT2D eigenvalue weighted by atomic mass is 10.1. The maximum Gasteiger partial charge on any atom is 0.161 e. The van der Waals surface area contributed by atoms with Crippen LogP contribution in [0.2, 0.25) is 5.02 Å². The predicted molar refractivity (Wildman–Crippen MR) is 86.9 cm³/mol. The Balaban J connectivity index is 2.33. The largest absolute Gasteiger partial charge is 0.330 e. The molecule has 3 nitrogen and oxygen atoms in total. The first-order valence-electron chi connectivity index (χ1n) is 6.74. The van der Waals surface area contributed by atoms with Crippen LogP contribution in [0.4, 0.5) is 0 Å². The molecule has 0 aliphatic heterocycles. The summed E-state index contributed by atoms with van der Waals surface area (Å²) in [5.41, 5.74) is 6.99. The summed E-state index contributed by atoms with van der Waals surface area (Å²) in [5, 5.41) is -0.124. The Morgan fingerprint density at radius 1 is 1.00 bits per heavy atom. The molecule has 2 N–H and O–H groups in total. The van der Waals surface area contributed by atoms with Crippen LogP contribution in [0.1, 0.15) is 22.8 Å². The van der Waals surface area contributed by atoms with Crippen molar-refractivity contribution in [3.63, 3.8) is 0 Å². The smallest absolute Gasteiger partial charge is 0.161 e. The van der Waals surface area contributed by atoms with Crippen LogP contribution in [0.3, 0.4) is 0 Å². The molecular weight excluding hydrogens is 306 g/mol. The van der Waals surface area contributed by atoms with Gasteiger partial charge in [0.15, 0.2) is 9.84 Å². The van der Waals surface area contributed by atoms with E-state index >= 15 is 0 Å². The molecule has 1 atom stereocenters. The van der Waals surface area contributed by atoms with Gasteiger partial charge in [0.05, 0.1) is 11.0 Å². The topological polar surface area (TPSA) is 60.2 Å². The van der Waals surface area contributed by atoms with Crippen LogP contribution in [-0.4, -0.2) is 15.0 Å². The third-order valence-corrected chi connectivity index (χ3v) is 5.81. The van der Waals surface area contributed by atoms with E-state index in [4.69, 9.17) is 17.3 Å². The summed E-state index contributed by atoms with van der Waals surface area (Å²) >= 11 is 6.07. The fourth-order valence-electron chi connectivity index (χ4n) is 2.31. The highest BCUT2D eigenvalue weighted by molar-refractivity contribution is 7.90. The second-order valence-electron chi connectivity index (χ2n) is 4.88. The van der Waals surface area contributed by atoms with E-state index < -0.39 is 15.1 Å². The normalized spacial score (nSPS) is 13.0. The second kappa shape index (κ2) is 7.07. The van der Waals surface area contributed by atoms with Crippen molar-refractivity contribution in [1.29, 1.82) is 0 Å². The molecule has 0 fully saturated rings. The third-order valence-electron chi connectivity index (χ3n) is 3.35. The number of hydrogen-bond donors (Lipinski definition) is 1. The summed E-state index contributed by atoms with van der Waals surface area (Å²) in [6.45, 7) is 0.321. The van der Waals surface area contributed by atoms with E-state index in [0.717, 1.165) is 5.56 Å². The Bertz CT molecular complexity index is 686. The average molecular weight is 324 g/mol. The van der Waals surface area contributed by atoms with E-state index in [9.17, 15) is 8.42 Å². The number of benzene rings is 2. The van der Waals surface area contributed by atoms with Crippen LogP contribution < -0.4 is 5.73 Å². The van der Waals surface area contributed by atoms with Crippen molar-refractivity contribution in [3.8, 4) is 0 Å². The van der Waals surface area contributed by atoms with Gasteiger partial charge in [-0.1, -0.05) is 60.1 Å². The molecular formula is C16H18ClNO2S. The molecule has 5 heteroatoms. The van der Waals surface area contributed by atoms with E-state index in [1.54, 1.807) is 24.3 Å². The first-order valence-corrected chi connectivity index (χ1v) is 8.84. The van der Waals surface area contributed by atoms with E-state index in [2.05, 4.69) is 0 Å². The van der Waals surface area contributed by atoms with Crippen molar-refractivity contribution in [2.24, 2.45) is 5.73 Å². The number of hydrogen-bond acceptors (Lipinski definition) is 3. The van der Waals surface area contributed by atoms with E-state index in [0.29, 0.717) is 23.6 Å². The van der Waals surface area contributed by atoms with Gasteiger partial charge in [-0.15, -0.1) is 0 Å². The highest BCUT2D eigenvalue weighted by Crippen LogP contribution is 2.30. The maximum absolute atomic E-state index is 12.7. The van der Waals surface area contributed by atoms with Crippen molar-refractivity contribution in [1.82, 2.24) is 0 Å². The van der Waals surface area contributed by atoms with Gasteiger partial charge in [0, 0.05) is 5.02 Å². The standard InChI is InChI=1S/C16H18ClNO2S/c17-15-9-5-4-8-14(15)12-21(19,20)16(10-11-18)13-6-2-1-3-7-13/h1-9,16H,10-12,18H2. The number of nitrogens with two attached hydrogens (primary N) is 1. The van der Waals surface area contributed by atoms with Crippen molar-refractivity contribution in [2.75, 3.05) is 6.54 Å². The number of halogens is 1. The molecule has 0 saturated carbocycles. The van der Waals surface area contributed by atoms with Crippen molar-refractivity contribution >= 4 is 21.4 Å². The highest BCUT2D eigenvalue weighted by Gasteiger charge is 2.27. The van der Waals surface area contributed by atoms with Crippen LogP contribution in [0.5, 0.6) is 0 Å². The molecule has 0 aliphatic rings. The van der Waals surface area contributed by atoms with Gasteiger partial charge in [0.2, 0.25) is 0 Å². The Kier molecular flexibility index (Phi) is 5.39. The SMILES string of the molecule is NCCC(c1ccccc1)S(=O)(=O)Cc1ccccc1Cl. The molecule has 21 heavy (non-hydrogen) atoms. The number of sulfone groups is 1. The van der Waals surface area contributed by atoms with Crippen LogP contribution in [-0.2, 0) is 15.6 Å². The van der Waals surface area contributed by atoms with Gasteiger partial charge in [-0.2, -0.15) is 0 Å². The van der Waals surface area contributed by atoms with Gasteiger partial charge < -0.3 is 5.73 Å². The minimum Gasteiger partial charge on any atom is -0.330 e. The maximum atomic E-state index is 12.7. The Morgan fingerprint density at radius 3 is 2.24 bits per heavy atom. The van der Waals surface area contributed by atoms with Gasteiger partial charge in [0.1, 0.15) is 0 Å². The van der Waals surface area contributed by atoms with Crippen LogP contribution >= 0.6 is 11.6 Å². The lowest BCUT2D eigenvalue weighted by Gasteiger charge is -2.18. The molecule has 0 heterocycles. The third kappa shape index (κ3) is 4.06. The summed E-state index contributed by atoms with van der Waals surface area (Å²) in [6, 6.07) is 16.2. The molecule has 0 bridgehead atoms. The average Bonchev–Trinajstić information content (AvgIpc) is 2.48. The zero-order valence-corrected chi connectivity index (χ0v) is 13.1. The van der Waals surface area contributed by atoms with Gasteiger partial charge in [-0.3, -0.25) is 0 Å². The van der Waals surface area contributed by atoms with Crippen LogP contribution in [0.25, 0.3) is 0 Å². The highest BCUT2D eigenvalue weighted by atomic mass is 35.5. The van der Waals surface area contributed by atoms with Gasteiger partial charge in [-0.25, -0.2) is 8.42 Å². The molecule has 2 aromatic rings. The lowest BCUT2D eigenvalue weighted by molar-refractivity contribution is 0.575. The lowest BCUT2D eigenvalue weighted by Crippen LogP contribution is -2.19. The molecule has 2 aromatic carbocycles. The van der Waals surface area contributed by atoms with E-state index in [1.807, 2.05) is 30.3 Å². The van der Waals surface area contributed by atoms with Gasteiger partial charge in [-0.05, 0) is 30.2 Å². The monoisotopic (exact) mass is 323 g/mol. The molecule has 2 rings (SSSR count). The van der Waals surface area contributed by atoms with Crippen molar-refractivity contribution < 1.29 is 8.42 Å². The van der Waals surface area contributed by atoms with Gasteiger partial charge >= 0.3 is 0 Å². The summed E-state index contributed by atoms with van der Waals surface area (Å²) in [4.78, 5) is 0. The Hall–Kier alpha value is -1.36. The molecule has 0 saturated heterocycles. The summed E-state index contributed by atoms with van der Waals surface area (Å²) in [7, 11) is -3.38. The first kappa shape index (κ1) is 16.0. The molecule has 0 aromatic heterocycles.